The van der Waals surface area contributed by atoms with Crippen molar-refractivity contribution in [3.05, 3.63) is 35.4 Å². The minimum Gasteiger partial charge on any atom is -0.478 e. The fraction of sp³-hybridized carbons (Fsp3) is 0.429. The van der Waals surface area contributed by atoms with E-state index in [0.717, 1.165) is 0 Å². The SMILES string of the molecule is CN(C)P(=O)(N(C)C)N(C)C.O=C(O)c1ccccc1C(=O)O. The van der Waals surface area contributed by atoms with E-state index in [-0.39, 0.29) is 11.1 Å². The molecule has 2 N–H and O–H groups in total. The van der Waals surface area contributed by atoms with Crippen LogP contribution in [0.2, 0.25) is 0 Å². The molecule has 0 aliphatic rings. The Hall–Kier alpha value is -1.73. The van der Waals surface area contributed by atoms with Gasteiger partial charge in [-0.2, -0.15) is 0 Å². The van der Waals surface area contributed by atoms with Gasteiger partial charge in [-0.05, 0) is 54.4 Å². The Kier molecular flexibility index (Phi) is 8.12. The number of hydrogen-bond acceptors (Lipinski definition) is 3. The average Bonchev–Trinajstić information content (AvgIpc) is 2.46. The lowest BCUT2D eigenvalue weighted by Crippen LogP contribution is -2.30. The topological polar surface area (TPSA) is 101 Å². The van der Waals surface area contributed by atoms with Crippen LogP contribution in [-0.4, -0.2) is 78.4 Å². The molecule has 0 aromatic heterocycles. The van der Waals surface area contributed by atoms with Crippen LogP contribution < -0.4 is 0 Å². The highest BCUT2D eigenvalue weighted by Crippen LogP contribution is 2.50. The van der Waals surface area contributed by atoms with Crippen LogP contribution in [0, 0.1) is 0 Å². The highest BCUT2D eigenvalue weighted by Gasteiger charge is 2.30. The Morgan fingerprint density at radius 2 is 1.04 bits per heavy atom. The molecule has 1 rings (SSSR count). The van der Waals surface area contributed by atoms with E-state index in [1.807, 2.05) is 42.3 Å². The third-order valence-electron chi connectivity index (χ3n) is 2.95. The quantitative estimate of drug-likeness (QED) is 0.780. The molecule has 0 aliphatic heterocycles. The molecule has 9 heteroatoms. The zero-order valence-corrected chi connectivity index (χ0v) is 15.1. The number of benzene rings is 1. The summed E-state index contributed by atoms with van der Waals surface area (Å²) in [5.41, 5.74) is -0.380. The molecular weight excluding hydrogens is 321 g/mol. The predicted molar refractivity (Wildman–Crippen MR) is 89.0 cm³/mol. The zero-order chi connectivity index (χ0) is 18.4. The van der Waals surface area contributed by atoms with Crippen LogP contribution in [0.1, 0.15) is 20.7 Å². The van der Waals surface area contributed by atoms with Gasteiger partial charge in [0, 0.05) is 0 Å². The van der Waals surface area contributed by atoms with Gasteiger partial charge in [0.25, 0.3) is 7.59 Å². The first-order valence-electron chi connectivity index (χ1n) is 6.65. The Morgan fingerprint density at radius 3 is 1.17 bits per heavy atom. The van der Waals surface area contributed by atoms with Gasteiger partial charge in [-0.15, -0.1) is 0 Å². The number of carboxylic acid groups (broad SMARTS) is 2. The minimum absolute atomic E-state index is 0.190. The van der Waals surface area contributed by atoms with E-state index < -0.39 is 19.5 Å². The summed E-state index contributed by atoms with van der Waals surface area (Å²) in [6.45, 7) is 0. The van der Waals surface area contributed by atoms with Crippen molar-refractivity contribution in [1.82, 2.24) is 14.0 Å². The van der Waals surface area contributed by atoms with Gasteiger partial charge in [-0.25, -0.2) is 23.6 Å². The molecule has 0 atom stereocenters. The maximum atomic E-state index is 12.1. The van der Waals surface area contributed by atoms with E-state index in [4.69, 9.17) is 10.2 Å². The lowest BCUT2D eigenvalue weighted by Gasteiger charge is -2.34. The summed E-state index contributed by atoms with van der Waals surface area (Å²) in [5, 5.41) is 17.1. The van der Waals surface area contributed by atoms with E-state index >= 15 is 0 Å². The molecule has 0 saturated carbocycles. The number of hydrogen-bond donors (Lipinski definition) is 2. The summed E-state index contributed by atoms with van der Waals surface area (Å²) in [4.78, 5) is 20.9. The summed E-state index contributed by atoms with van der Waals surface area (Å²) in [6, 6.07) is 5.48. The van der Waals surface area contributed by atoms with Gasteiger partial charge in [-0.1, -0.05) is 12.1 Å². The monoisotopic (exact) mass is 345 g/mol. The molecule has 1 aromatic carbocycles. The standard InChI is InChI=1S/C8H6O4.C6H18N3OP/c9-7(10)5-3-1-2-4-6(5)8(11)12;1-7(2)11(10,8(3)4)9(5)6/h1-4H,(H,9,10)(H,11,12);1-6H3. The molecular formula is C14H24N3O5P. The summed E-state index contributed by atoms with van der Waals surface area (Å²) < 4.78 is 17.3. The van der Waals surface area contributed by atoms with Gasteiger partial charge >= 0.3 is 11.9 Å². The van der Waals surface area contributed by atoms with E-state index in [2.05, 4.69) is 0 Å². The van der Waals surface area contributed by atoms with Crippen LogP contribution in [0.25, 0.3) is 0 Å². The second kappa shape index (κ2) is 8.79. The van der Waals surface area contributed by atoms with E-state index in [0.29, 0.717) is 0 Å². The molecule has 23 heavy (non-hydrogen) atoms. The van der Waals surface area contributed by atoms with Gasteiger partial charge in [-0.3, -0.25) is 4.57 Å². The second-order valence-corrected chi connectivity index (χ2v) is 8.64. The van der Waals surface area contributed by atoms with Gasteiger partial charge in [0.1, 0.15) is 0 Å². The molecule has 0 fully saturated rings. The fourth-order valence-corrected chi connectivity index (χ4v) is 4.08. The van der Waals surface area contributed by atoms with Gasteiger partial charge in [0.15, 0.2) is 0 Å². The third-order valence-corrected chi connectivity index (χ3v) is 6.08. The number of carboxylic acids is 2. The molecule has 0 bridgehead atoms. The Morgan fingerprint density at radius 1 is 0.783 bits per heavy atom. The molecule has 1 aromatic rings. The molecule has 0 radical (unpaired) electrons. The minimum atomic E-state index is -2.44. The zero-order valence-electron chi connectivity index (χ0n) is 14.2. The predicted octanol–water partition coefficient (Wildman–Crippen LogP) is 1.86. The molecule has 0 heterocycles. The van der Waals surface area contributed by atoms with E-state index in [1.54, 1.807) is 14.0 Å². The van der Waals surface area contributed by atoms with Gasteiger partial charge < -0.3 is 10.2 Å². The third kappa shape index (κ3) is 5.44. The first kappa shape index (κ1) is 21.3. The van der Waals surface area contributed by atoms with Crippen molar-refractivity contribution < 1.29 is 24.4 Å². The normalized spacial score (nSPS) is 11.3. The summed E-state index contributed by atoms with van der Waals surface area (Å²) in [6.07, 6.45) is 0. The largest absolute Gasteiger partial charge is 0.478 e. The highest BCUT2D eigenvalue weighted by molar-refractivity contribution is 7.56. The van der Waals surface area contributed by atoms with Crippen LogP contribution in [0.15, 0.2) is 24.3 Å². The molecule has 130 valence electrons. The van der Waals surface area contributed by atoms with E-state index in [9.17, 15) is 14.2 Å². The first-order valence-corrected chi connectivity index (χ1v) is 8.21. The van der Waals surface area contributed by atoms with Crippen molar-refractivity contribution in [1.29, 1.82) is 0 Å². The van der Waals surface area contributed by atoms with Crippen molar-refractivity contribution in [2.75, 3.05) is 42.3 Å². The molecule has 0 unspecified atom stereocenters. The molecule has 0 amide bonds. The number of carbonyl (C=O) groups is 2. The van der Waals surface area contributed by atoms with Crippen molar-refractivity contribution in [3.63, 3.8) is 0 Å². The average molecular weight is 345 g/mol. The number of rotatable bonds is 5. The molecule has 0 aliphatic carbocycles. The van der Waals surface area contributed by atoms with Crippen LogP contribution in [0.5, 0.6) is 0 Å². The summed E-state index contributed by atoms with van der Waals surface area (Å²) in [7, 11) is 8.49. The molecule has 0 saturated heterocycles. The fourth-order valence-electron chi connectivity index (χ4n) is 1.93. The van der Waals surface area contributed by atoms with Crippen LogP contribution in [-0.2, 0) is 4.57 Å². The molecule has 0 spiro atoms. The summed E-state index contributed by atoms with van der Waals surface area (Å²) >= 11 is 0. The van der Waals surface area contributed by atoms with Crippen molar-refractivity contribution in [3.8, 4) is 0 Å². The lowest BCUT2D eigenvalue weighted by atomic mass is 10.1. The smallest absolute Gasteiger partial charge is 0.336 e. The van der Waals surface area contributed by atoms with Crippen molar-refractivity contribution in [2.24, 2.45) is 0 Å². The Labute approximate surface area is 136 Å². The maximum absolute atomic E-state index is 12.1. The Balaban J connectivity index is 0.000000423. The molecule has 8 nitrogen and oxygen atoms in total. The van der Waals surface area contributed by atoms with Crippen molar-refractivity contribution in [2.45, 2.75) is 0 Å². The van der Waals surface area contributed by atoms with E-state index in [1.165, 1.54) is 24.3 Å². The summed E-state index contributed by atoms with van der Waals surface area (Å²) in [5.74, 6) is -2.46. The Bertz CT molecular complexity index is 540. The van der Waals surface area contributed by atoms with Crippen molar-refractivity contribution >= 4 is 19.5 Å². The first-order chi connectivity index (χ1) is 10.5. The number of aromatic carboxylic acids is 2. The number of nitrogens with zero attached hydrogens (tertiary/aromatic N) is 3. The maximum Gasteiger partial charge on any atom is 0.336 e. The lowest BCUT2D eigenvalue weighted by molar-refractivity contribution is 0.0651. The highest BCUT2D eigenvalue weighted by atomic mass is 31.2. The van der Waals surface area contributed by atoms with Crippen LogP contribution in [0.4, 0.5) is 0 Å². The second-order valence-electron chi connectivity index (χ2n) is 5.21. The van der Waals surface area contributed by atoms with Gasteiger partial charge in [0.2, 0.25) is 0 Å². The van der Waals surface area contributed by atoms with Crippen LogP contribution >= 0.6 is 7.59 Å². The van der Waals surface area contributed by atoms with Crippen LogP contribution in [0.3, 0.4) is 0 Å². The van der Waals surface area contributed by atoms with Gasteiger partial charge in [0.05, 0.1) is 11.1 Å².